The number of carbonyl (C=O) groups is 3. The molecule has 172 valence electrons. The zero-order valence-electron chi connectivity index (χ0n) is 18.2. The molecule has 0 saturated carbocycles. The van der Waals surface area contributed by atoms with Gasteiger partial charge >= 0.3 is 0 Å². The third-order valence-electron chi connectivity index (χ3n) is 6.87. The number of pyridine rings is 1. The van der Waals surface area contributed by atoms with Gasteiger partial charge in [-0.2, -0.15) is 0 Å². The van der Waals surface area contributed by atoms with Crippen LogP contribution in [-0.4, -0.2) is 61.8 Å². The fourth-order valence-corrected chi connectivity index (χ4v) is 4.89. The number of fused-ring (bicyclic) bond motifs is 1. The molecule has 1 atom stereocenters. The van der Waals surface area contributed by atoms with Crippen molar-refractivity contribution in [3.8, 4) is 5.75 Å². The summed E-state index contributed by atoms with van der Waals surface area (Å²) >= 11 is 0. The van der Waals surface area contributed by atoms with Crippen LogP contribution >= 0.6 is 0 Å². The molecule has 33 heavy (non-hydrogen) atoms. The van der Waals surface area contributed by atoms with Crippen molar-refractivity contribution < 1.29 is 24.6 Å². The van der Waals surface area contributed by atoms with E-state index in [0.717, 1.165) is 12.1 Å². The van der Waals surface area contributed by atoms with E-state index >= 15 is 0 Å². The second kappa shape index (κ2) is 8.24. The van der Waals surface area contributed by atoms with E-state index < -0.39 is 17.6 Å². The lowest BCUT2D eigenvalue weighted by atomic mass is 9.87. The van der Waals surface area contributed by atoms with Crippen LogP contribution in [0, 0.1) is 0 Å². The highest BCUT2D eigenvalue weighted by molar-refractivity contribution is 6.05. The fraction of sp³-hybridized carbons (Fsp3) is 0.417. The van der Waals surface area contributed by atoms with E-state index in [4.69, 9.17) is 0 Å². The van der Waals surface area contributed by atoms with E-state index in [0.29, 0.717) is 49.3 Å². The van der Waals surface area contributed by atoms with Crippen LogP contribution in [0.25, 0.3) is 0 Å². The van der Waals surface area contributed by atoms with E-state index in [2.05, 4.69) is 15.2 Å². The van der Waals surface area contributed by atoms with Gasteiger partial charge in [0.1, 0.15) is 17.4 Å². The summed E-state index contributed by atoms with van der Waals surface area (Å²) < 4.78 is 0. The minimum absolute atomic E-state index is 0.192. The number of hydrogen-bond acceptors (Lipinski definition) is 7. The van der Waals surface area contributed by atoms with E-state index in [1.165, 1.54) is 4.90 Å². The Kier molecular flexibility index (Phi) is 5.38. The van der Waals surface area contributed by atoms with Crippen molar-refractivity contribution in [1.82, 2.24) is 20.1 Å². The number of phenolic OH excluding ortho intramolecular Hbond substituents is 1. The normalized spacial score (nSPS) is 22.9. The third-order valence-corrected chi connectivity index (χ3v) is 6.87. The van der Waals surface area contributed by atoms with Gasteiger partial charge in [0.05, 0.1) is 23.5 Å². The largest absolute Gasteiger partial charge is 0.508 e. The number of imide groups is 1. The van der Waals surface area contributed by atoms with Crippen LogP contribution in [-0.2, 0) is 28.3 Å². The number of hydrogen-bond donors (Lipinski definition) is 3. The van der Waals surface area contributed by atoms with Gasteiger partial charge in [0.15, 0.2) is 0 Å². The quantitative estimate of drug-likeness (QED) is 0.595. The Balaban J connectivity index is 1.26. The Morgan fingerprint density at radius 1 is 1.06 bits per heavy atom. The second-order valence-electron chi connectivity index (χ2n) is 9.06. The number of carbonyl (C=O) groups excluding carboxylic acids is 3. The van der Waals surface area contributed by atoms with Gasteiger partial charge < -0.3 is 15.1 Å². The molecule has 0 radical (unpaired) electrons. The first-order valence-electron chi connectivity index (χ1n) is 11.2. The molecule has 3 N–H and O–H groups in total. The summed E-state index contributed by atoms with van der Waals surface area (Å²) in [6.45, 7) is 2.32. The van der Waals surface area contributed by atoms with E-state index in [9.17, 15) is 24.6 Å². The van der Waals surface area contributed by atoms with Crippen LogP contribution < -0.4 is 5.32 Å². The number of likely N-dealkylation sites (tertiary alicyclic amines) is 1. The summed E-state index contributed by atoms with van der Waals surface area (Å²) in [6, 6.07) is 9.84. The minimum Gasteiger partial charge on any atom is -0.508 e. The first kappa shape index (κ1) is 21.5. The summed E-state index contributed by atoms with van der Waals surface area (Å²) in [5, 5.41) is 23.1. The van der Waals surface area contributed by atoms with Crippen molar-refractivity contribution in [2.24, 2.45) is 0 Å². The molecule has 5 rings (SSSR count). The molecular weight excluding hydrogens is 424 g/mol. The summed E-state index contributed by atoms with van der Waals surface area (Å²) in [5.74, 6) is -0.801. The average molecular weight is 450 g/mol. The van der Waals surface area contributed by atoms with Crippen molar-refractivity contribution in [2.75, 3.05) is 13.1 Å². The summed E-state index contributed by atoms with van der Waals surface area (Å²) in [6.07, 6.45) is 1.54. The molecule has 9 nitrogen and oxygen atoms in total. The van der Waals surface area contributed by atoms with Crippen molar-refractivity contribution in [3.05, 3.63) is 58.9 Å². The number of aromatic hydroxyl groups is 1. The molecule has 2 aromatic rings. The number of nitrogens with one attached hydrogen (secondary N) is 1. The molecule has 1 aromatic carbocycles. The number of aromatic nitrogens is 1. The van der Waals surface area contributed by atoms with Gasteiger partial charge in [-0.3, -0.25) is 29.6 Å². The Morgan fingerprint density at radius 2 is 1.79 bits per heavy atom. The Bertz CT molecular complexity index is 1110. The number of phenols is 1. The van der Waals surface area contributed by atoms with Crippen LogP contribution in [0.5, 0.6) is 5.75 Å². The lowest BCUT2D eigenvalue weighted by molar-refractivity contribution is -0.136. The molecule has 0 spiro atoms. The topological polar surface area (TPSA) is 123 Å². The molecule has 0 bridgehead atoms. The standard InChI is InChI=1S/C24H26N4O5/c29-16-3-1-15(2-4-16)13-27-11-9-24(33,10-12-27)20-7-5-17-18(25-20)14-28(23(17)32)19-6-8-21(30)26-22(19)31/h1-5,7,19,29,33H,6,8-14H2,(H,26,30,31). The molecule has 3 aliphatic heterocycles. The number of benzene rings is 1. The van der Waals surface area contributed by atoms with Crippen molar-refractivity contribution >= 4 is 17.7 Å². The molecule has 9 heteroatoms. The minimum atomic E-state index is -1.08. The molecule has 3 amide bonds. The van der Waals surface area contributed by atoms with Crippen molar-refractivity contribution in [2.45, 2.75) is 50.4 Å². The van der Waals surface area contributed by atoms with Crippen LogP contribution in [0.3, 0.4) is 0 Å². The summed E-state index contributed by atoms with van der Waals surface area (Å²) in [4.78, 5) is 44.9. The Hall–Kier alpha value is -3.30. The van der Waals surface area contributed by atoms with Gasteiger partial charge in [-0.05, 0) is 49.1 Å². The maximum Gasteiger partial charge on any atom is 0.256 e. The highest BCUT2D eigenvalue weighted by atomic mass is 16.3. The van der Waals surface area contributed by atoms with Gasteiger partial charge in [0.2, 0.25) is 11.8 Å². The molecule has 4 heterocycles. The van der Waals surface area contributed by atoms with Crippen LogP contribution in [0.4, 0.5) is 0 Å². The number of nitrogens with zero attached hydrogens (tertiary/aromatic N) is 3. The summed E-state index contributed by atoms with van der Waals surface area (Å²) in [7, 11) is 0. The number of amides is 3. The molecule has 2 fully saturated rings. The highest BCUT2D eigenvalue weighted by Crippen LogP contribution is 2.35. The third kappa shape index (κ3) is 4.09. The monoisotopic (exact) mass is 450 g/mol. The molecule has 2 saturated heterocycles. The Labute approximate surface area is 191 Å². The molecule has 1 aromatic heterocycles. The smallest absolute Gasteiger partial charge is 0.256 e. The number of aliphatic hydroxyl groups is 1. The second-order valence-corrected chi connectivity index (χ2v) is 9.06. The van der Waals surface area contributed by atoms with Gasteiger partial charge in [-0.25, -0.2) is 0 Å². The summed E-state index contributed by atoms with van der Waals surface area (Å²) in [5.41, 5.74) is 1.56. The maximum absolute atomic E-state index is 12.9. The van der Waals surface area contributed by atoms with E-state index in [1.54, 1.807) is 24.3 Å². The van der Waals surface area contributed by atoms with Crippen LogP contribution in [0.1, 0.15) is 53.0 Å². The van der Waals surface area contributed by atoms with Crippen LogP contribution in [0.15, 0.2) is 36.4 Å². The zero-order valence-corrected chi connectivity index (χ0v) is 18.2. The molecular formula is C24H26N4O5. The predicted molar refractivity (Wildman–Crippen MR) is 117 cm³/mol. The first-order valence-corrected chi connectivity index (χ1v) is 11.2. The number of rotatable bonds is 4. The average Bonchev–Trinajstić information content (AvgIpc) is 3.13. The molecule has 3 aliphatic rings. The van der Waals surface area contributed by atoms with Crippen molar-refractivity contribution in [3.63, 3.8) is 0 Å². The SMILES string of the molecule is O=C1CCC(N2Cc3nc(C4(O)CCN(Cc5ccc(O)cc5)CC4)ccc3C2=O)C(=O)N1. The first-order chi connectivity index (χ1) is 15.8. The maximum atomic E-state index is 12.9. The number of piperidine rings is 2. The Morgan fingerprint density at radius 3 is 2.48 bits per heavy atom. The van der Waals surface area contributed by atoms with Gasteiger partial charge in [-0.15, -0.1) is 0 Å². The lowest BCUT2D eigenvalue weighted by Crippen LogP contribution is -2.52. The van der Waals surface area contributed by atoms with Crippen LogP contribution in [0.2, 0.25) is 0 Å². The van der Waals surface area contributed by atoms with Gasteiger partial charge in [0, 0.05) is 26.1 Å². The zero-order chi connectivity index (χ0) is 23.2. The van der Waals surface area contributed by atoms with Crippen molar-refractivity contribution in [1.29, 1.82) is 0 Å². The highest BCUT2D eigenvalue weighted by Gasteiger charge is 2.41. The van der Waals surface area contributed by atoms with Gasteiger partial charge in [-0.1, -0.05) is 12.1 Å². The molecule has 1 unspecified atom stereocenters. The fourth-order valence-electron chi connectivity index (χ4n) is 4.89. The van der Waals surface area contributed by atoms with E-state index in [1.807, 2.05) is 12.1 Å². The predicted octanol–water partition coefficient (Wildman–Crippen LogP) is 1.03. The molecule has 0 aliphatic carbocycles. The van der Waals surface area contributed by atoms with Gasteiger partial charge in [0.25, 0.3) is 5.91 Å². The lowest BCUT2D eigenvalue weighted by Gasteiger charge is -2.38. The van der Waals surface area contributed by atoms with E-state index in [-0.39, 0.29) is 30.5 Å².